The molecule has 0 aliphatic carbocycles. The van der Waals surface area contributed by atoms with Crippen molar-refractivity contribution in [2.24, 2.45) is 0 Å². The second kappa shape index (κ2) is 7.04. The maximum absolute atomic E-state index is 13.6. The minimum Gasteiger partial charge on any atom is -0.240 e. The number of benzene rings is 1. The number of hydrogen-bond acceptors (Lipinski definition) is 4. The highest BCUT2D eigenvalue weighted by Gasteiger charge is 2.48. The van der Waals surface area contributed by atoms with E-state index in [-0.39, 0.29) is 11.4 Å². The van der Waals surface area contributed by atoms with Crippen LogP contribution in [0.5, 0.6) is 0 Å². The van der Waals surface area contributed by atoms with Crippen LogP contribution in [0.25, 0.3) is 0 Å². The number of halogens is 4. The zero-order valence-corrected chi connectivity index (χ0v) is 14.1. The molecule has 5 nitrogen and oxygen atoms in total. The summed E-state index contributed by atoms with van der Waals surface area (Å²) < 4.78 is 79.6. The molecule has 1 aromatic carbocycles. The Bertz CT molecular complexity index is 821. The molecule has 25 heavy (non-hydrogen) atoms. The smallest absolute Gasteiger partial charge is 0.240 e. The molecule has 0 aliphatic rings. The van der Waals surface area contributed by atoms with E-state index < -0.39 is 39.5 Å². The highest BCUT2D eigenvalue weighted by Crippen LogP contribution is 2.40. The Hall–Kier alpha value is -2.07. The second-order valence-electron chi connectivity index (χ2n) is 5.17. The van der Waals surface area contributed by atoms with Crippen LogP contribution in [0.3, 0.4) is 0 Å². The van der Waals surface area contributed by atoms with Crippen molar-refractivity contribution in [1.82, 2.24) is 14.3 Å². The lowest BCUT2D eigenvalue weighted by atomic mass is 10.1. The van der Waals surface area contributed by atoms with E-state index in [4.69, 9.17) is 0 Å². The van der Waals surface area contributed by atoms with Crippen LogP contribution in [0, 0.1) is 12.7 Å². The molecule has 136 valence electrons. The lowest BCUT2D eigenvalue weighted by Gasteiger charge is -2.31. The first-order chi connectivity index (χ1) is 11.6. The lowest BCUT2D eigenvalue weighted by Crippen LogP contribution is -2.42. The Labute approximate surface area is 142 Å². The van der Waals surface area contributed by atoms with Gasteiger partial charge in [0.1, 0.15) is 22.6 Å². The first kappa shape index (κ1) is 19.3. The summed E-state index contributed by atoms with van der Waals surface area (Å²) in [7, 11) is -4.51. The molecule has 0 saturated carbocycles. The summed E-state index contributed by atoms with van der Waals surface area (Å²) in [6.45, 7) is 2.36. The van der Waals surface area contributed by atoms with E-state index in [1.165, 1.54) is 13.8 Å². The summed E-state index contributed by atoms with van der Waals surface area (Å²) >= 11 is 0. The third-order valence-electron chi connectivity index (χ3n) is 3.46. The minimum atomic E-state index is -4.90. The topological polar surface area (TPSA) is 63.2 Å². The van der Waals surface area contributed by atoms with Crippen molar-refractivity contribution < 1.29 is 26.0 Å². The van der Waals surface area contributed by atoms with E-state index in [9.17, 15) is 26.0 Å². The van der Waals surface area contributed by atoms with Gasteiger partial charge in [0, 0.05) is 6.54 Å². The Morgan fingerprint density at radius 1 is 1.12 bits per heavy atom. The van der Waals surface area contributed by atoms with Crippen molar-refractivity contribution in [2.45, 2.75) is 31.0 Å². The van der Waals surface area contributed by atoms with Crippen molar-refractivity contribution in [3.8, 4) is 0 Å². The predicted octanol–water partition coefficient (Wildman–Crippen LogP) is 3.24. The van der Waals surface area contributed by atoms with Crippen molar-refractivity contribution in [2.75, 3.05) is 6.54 Å². The Morgan fingerprint density at radius 3 is 2.08 bits per heavy atom. The lowest BCUT2D eigenvalue weighted by molar-refractivity contribution is -0.173. The number of sulfonamides is 1. The molecular formula is C15H15F4N3O2S. The van der Waals surface area contributed by atoms with E-state index >= 15 is 0 Å². The number of aryl methyl sites for hydroxylation is 1. The maximum Gasteiger partial charge on any atom is 0.409 e. The molecule has 0 radical (unpaired) electrons. The van der Waals surface area contributed by atoms with Crippen LogP contribution in [-0.2, 0) is 10.0 Å². The number of rotatable bonds is 5. The van der Waals surface area contributed by atoms with Crippen LogP contribution < -0.4 is 0 Å². The normalized spacial score (nSPS) is 13.9. The van der Waals surface area contributed by atoms with Gasteiger partial charge in [-0.3, -0.25) is 0 Å². The van der Waals surface area contributed by atoms with Crippen LogP contribution in [0.15, 0.2) is 41.6 Å². The molecule has 1 heterocycles. The molecule has 1 atom stereocenters. The Morgan fingerprint density at radius 2 is 1.64 bits per heavy atom. The molecule has 0 saturated heterocycles. The SMILES string of the molecule is CCN([C@@H](c1ccc(F)cc1)C(F)(F)F)S(=O)(=O)c1cnc(C)nc1. The van der Waals surface area contributed by atoms with Crippen LogP contribution in [0.2, 0.25) is 0 Å². The zero-order chi connectivity index (χ0) is 18.8. The van der Waals surface area contributed by atoms with Gasteiger partial charge in [-0.2, -0.15) is 17.5 Å². The zero-order valence-electron chi connectivity index (χ0n) is 13.3. The average molecular weight is 377 g/mol. The molecular weight excluding hydrogens is 362 g/mol. The largest absolute Gasteiger partial charge is 0.409 e. The Kier molecular flexibility index (Phi) is 5.43. The fourth-order valence-corrected chi connectivity index (χ4v) is 3.81. The van der Waals surface area contributed by atoms with Crippen LogP contribution in [-0.4, -0.2) is 35.4 Å². The fraction of sp³-hybridized carbons (Fsp3) is 0.333. The first-order valence-corrected chi connectivity index (χ1v) is 8.64. The monoisotopic (exact) mass is 377 g/mol. The first-order valence-electron chi connectivity index (χ1n) is 7.20. The Balaban J connectivity index is 2.56. The third-order valence-corrected chi connectivity index (χ3v) is 5.35. The number of alkyl halides is 3. The molecule has 2 rings (SSSR count). The van der Waals surface area contributed by atoms with Crippen LogP contribution >= 0.6 is 0 Å². The summed E-state index contributed by atoms with van der Waals surface area (Å²) in [4.78, 5) is 6.99. The second-order valence-corrected chi connectivity index (χ2v) is 7.06. The number of nitrogens with zero attached hydrogens (tertiary/aromatic N) is 3. The summed E-state index contributed by atoms with van der Waals surface area (Å²) in [5, 5.41) is 0. The van der Waals surface area contributed by atoms with Crippen molar-refractivity contribution in [3.05, 3.63) is 53.9 Å². The minimum absolute atomic E-state index is 0.285. The molecule has 0 amide bonds. The van der Waals surface area contributed by atoms with Gasteiger partial charge in [0.05, 0.1) is 12.4 Å². The number of hydrogen-bond donors (Lipinski definition) is 0. The van der Waals surface area contributed by atoms with Gasteiger partial charge in [0.2, 0.25) is 10.0 Å². The molecule has 10 heteroatoms. The van der Waals surface area contributed by atoms with E-state index in [2.05, 4.69) is 9.97 Å². The molecule has 1 aromatic heterocycles. The van der Waals surface area contributed by atoms with Gasteiger partial charge < -0.3 is 0 Å². The molecule has 0 N–H and O–H groups in total. The molecule has 0 aliphatic heterocycles. The quantitative estimate of drug-likeness (QED) is 0.751. The predicted molar refractivity (Wildman–Crippen MR) is 81.5 cm³/mol. The van der Waals surface area contributed by atoms with E-state index in [1.807, 2.05) is 0 Å². The van der Waals surface area contributed by atoms with Crippen LogP contribution in [0.4, 0.5) is 17.6 Å². The van der Waals surface area contributed by atoms with Gasteiger partial charge >= 0.3 is 6.18 Å². The van der Waals surface area contributed by atoms with Gasteiger partial charge in [-0.05, 0) is 24.6 Å². The summed E-state index contributed by atoms with van der Waals surface area (Å²) in [5.74, 6) is -0.435. The van der Waals surface area contributed by atoms with E-state index in [0.717, 1.165) is 36.7 Å². The summed E-state index contributed by atoms with van der Waals surface area (Å²) in [6, 6.07) is 1.08. The van der Waals surface area contributed by atoms with Gasteiger partial charge in [-0.25, -0.2) is 22.8 Å². The van der Waals surface area contributed by atoms with E-state index in [1.54, 1.807) is 0 Å². The molecule has 0 unspecified atom stereocenters. The molecule has 0 spiro atoms. The average Bonchev–Trinajstić information content (AvgIpc) is 2.52. The highest BCUT2D eigenvalue weighted by molar-refractivity contribution is 7.89. The summed E-state index contributed by atoms with van der Waals surface area (Å²) in [5.41, 5.74) is -0.382. The molecule has 0 bridgehead atoms. The van der Waals surface area contributed by atoms with Gasteiger partial charge in [0.25, 0.3) is 0 Å². The third kappa shape index (κ3) is 4.13. The summed E-state index contributed by atoms with van der Waals surface area (Å²) in [6.07, 6.45) is -2.98. The van der Waals surface area contributed by atoms with Gasteiger partial charge in [0.15, 0.2) is 0 Å². The van der Waals surface area contributed by atoms with Crippen LogP contribution in [0.1, 0.15) is 24.4 Å². The maximum atomic E-state index is 13.6. The highest BCUT2D eigenvalue weighted by atomic mass is 32.2. The number of aromatic nitrogens is 2. The standard InChI is InChI=1S/C15H15F4N3O2S/c1-3-22(25(23,24)13-8-20-10(2)21-9-13)14(15(17,18)19)11-4-6-12(16)7-5-11/h4-9,14H,3H2,1-2H3/t14-/m0/s1. The van der Waals surface area contributed by atoms with Gasteiger partial charge in [-0.1, -0.05) is 19.1 Å². The fourth-order valence-electron chi connectivity index (χ4n) is 2.30. The van der Waals surface area contributed by atoms with E-state index in [0.29, 0.717) is 4.31 Å². The molecule has 2 aromatic rings. The van der Waals surface area contributed by atoms with Gasteiger partial charge in [-0.15, -0.1) is 0 Å². The molecule has 0 fully saturated rings. The van der Waals surface area contributed by atoms with Crippen molar-refractivity contribution >= 4 is 10.0 Å². The van der Waals surface area contributed by atoms with Crippen molar-refractivity contribution in [3.63, 3.8) is 0 Å². The van der Waals surface area contributed by atoms with Crippen molar-refractivity contribution in [1.29, 1.82) is 0 Å².